The molecule has 1 unspecified atom stereocenters. The molecule has 0 amide bonds. The molecule has 0 fully saturated rings. The maximum Gasteiger partial charge on any atom is 0.139 e. The third-order valence-corrected chi connectivity index (χ3v) is 4.16. The van der Waals surface area contributed by atoms with Crippen molar-refractivity contribution in [3.63, 3.8) is 0 Å². The van der Waals surface area contributed by atoms with Gasteiger partial charge >= 0.3 is 0 Å². The zero-order valence-electron chi connectivity index (χ0n) is 10.5. The van der Waals surface area contributed by atoms with E-state index in [1.54, 1.807) is 6.07 Å². The Morgan fingerprint density at radius 2 is 1.95 bits per heavy atom. The standard InChI is InChI=1S/C15H12BrClN2O/c16-10-6-4-9(5-7-10)13-8-14(19-18-13)11-2-1-3-12(17)15(11)20/h1-7,14,19-20H,8H2. The van der Waals surface area contributed by atoms with Crippen molar-refractivity contribution in [1.82, 2.24) is 5.43 Å². The predicted octanol–water partition coefficient (Wildman–Crippen LogP) is 4.25. The molecular weight excluding hydrogens is 340 g/mol. The van der Waals surface area contributed by atoms with Gasteiger partial charge in [-0.1, -0.05) is 51.8 Å². The molecule has 0 saturated heterocycles. The highest BCUT2D eigenvalue weighted by Crippen LogP contribution is 2.35. The predicted molar refractivity (Wildman–Crippen MR) is 84.3 cm³/mol. The van der Waals surface area contributed by atoms with Crippen LogP contribution in [0.15, 0.2) is 52.0 Å². The molecule has 2 aromatic rings. The summed E-state index contributed by atoms with van der Waals surface area (Å²) in [6.45, 7) is 0. The Kier molecular flexibility index (Phi) is 3.68. The van der Waals surface area contributed by atoms with E-state index in [0.717, 1.165) is 27.7 Å². The molecule has 0 spiro atoms. The molecule has 0 bridgehead atoms. The van der Waals surface area contributed by atoms with Crippen molar-refractivity contribution in [1.29, 1.82) is 0 Å². The Morgan fingerprint density at radius 1 is 1.20 bits per heavy atom. The van der Waals surface area contributed by atoms with Crippen molar-refractivity contribution in [2.24, 2.45) is 5.10 Å². The Bertz CT molecular complexity index is 670. The number of rotatable bonds is 2. The van der Waals surface area contributed by atoms with Crippen LogP contribution >= 0.6 is 27.5 Å². The molecule has 102 valence electrons. The fourth-order valence-corrected chi connectivity index (χ4v) is 2.70. The summed E-state index contributed by atoms with van der Waals surface area (Å²) in [6, 6.07) is 13.3. The third-order valence-electron chi connectivity index (χ3n) is 3.32. The van der Waals surface area contributed by atoms with E-state index in [2.05, 4.69) is 26.5 Å². The second kappa shape index (κ2) is 5.46. The van der Waals surface area contributed by atoms with E-state index in [1.165, 1.54) is 0 Å². The van der Waals surface area contributed by atoms with E-state index < -0.39 is 0 Å². The number of hydrogen-bond acceptors (Lipinski definition) is 3. The second-order valence-electron chi connectivity index (χ2n) is 4.63. The lowest BCUT2D eigenvalue weighted by molar-refractivity contribution is 0.456. The van der Waals surface area contributed by atoms with Gasteiger partial charge in [0.25, 0.3) is 0 Å². The molecule has 1 heterocycles. The van der Waals surface area contributed by atoms with Gasteiger partial charge in [-0.15, -0.1) is 0 Å². The average molecular weight is 352 g/mol. The van der Waals surface area contributed by atoms with Gasteiger partial charge in [-0.3, -0.25) is 0 Å². The number of para-hydroxylation sites is 1. The van der Waals surface area contributed by atoms with Crippen molar-refractivity contribution in [2.45, 2.75) is 12.5 Å². The first-order valence-electron chi connectivity index (χ1n) is 6.20. The van der Waals surface area contributed by atoms with Crippen molar-refractivity contribution < 1.29 is 5.11 Å². The number of halogens is 2. The molecule has 5 heteroatoms. The second-order valence-corrected chi connectivity index (χ2v) is 5.95. The van der Waals surface area contributed by atoms with Gasteiger partial charge in [-0.05, 0) is 23.8 Å². The lowest BCUT2D eigenvalue weighted by atomic mass is 9.98. The van der Waals surface area contributed by atoms with Crippen molar-refractivity contribution in [2.75, 3.05) is 0 Å². The summed E-state index contributed by atoms with van der Waals surface area (Å²) in [6.07, 6.45) is 0.718. The first-order chi connectivity index (χ1) is 9.65. The monoisotopic (exact) mass is 350 g/mol. The minimum atomic E-state index is -0.0488. The Balaban J connectivity index is 1.82. The summed E-state index contributed by atoms with van der Waals surface area (Å²) in [7, 11) is 0. The normalized spacial score (nSPS) is 17.7. The zero-order chi connectivity index (χ0) is 14.1. The third kappa shape index (κ3) is 2.53. The Morgan fingerprint density at radius 3 is 2.70 bits per heavy atom. The number of phenolic OH excluding ortho intramolecular Hbond substituents is 1. The SMILES string of the molecule is Oc1c(Cl)cccc1C1CC(c2ccc(Br)cc2)=NN1. The summed E-state index contributed by atoms with van der Waals surface area (Å²) in [5.41, 5.74) is 5.88. The van der Waals surface area contributed by atoms with E-state index in [4.69, 9.17) is 11.6 Å². The van der Waals surface area contributed by atoms with Crippen LogP contribution in [0.1, 0.15) is 23.6 Å². The summed E-state index contributed by atoms with van der Waals surface area (Å²) in [5.74, 6) is 0.124. The molecule has 1 atom stereocenters. The van der Waals surface area contributed by atoms with Crippen LogP contribution in [0, 0.1) is 0 Å². The molecule has 1 aliphatic rings. The summed E-state index contributed by atoms with van der Waals surface area (Å²) < 4.78 is 1.04. The summed E-state index contributed by atoms with van der Waals surface area (Å²) in [5, 5.41) is 14.7. The lowest BCUT2D eigenvalue weighted by Gasteiger charge is -2.12. The first kappa shape index (κ1) is 13.5. The molecule has 3 rings (SSSR count). The number of phenols is 1. The van der Waals surface area contributed by atoms with E-state index in [9.17, 15) is 5.11 Å². The van der Waals surface area contributed by atoms with Gasteiger partial charge in [0.05, 0.1) is 16.8 Å². The molecule has 1 aliphatic heterocycles. The minimum Gasteiger partial charge on any atom is -0.506 e. The van der Waals surface area contributed by atoms with Gasteiger partial charge in [0.15, 0.2) is 0 Å². The fourth-order valence-electron chi connectivity index (χ4n) is 2.26. The molecule has 0 radical (unpaired) electrons. The van der Waals surface area contributed by atoms with Gasteiger partial charge in [-0.25, -0.2) is 0 Å². The highest BCUT2D eigenvalue weighted by Gasteiger charge is 2.24. The van der Waals surface area contributed by atoms with Crippen LogP contribution in [0.25, 0.3) is 0 Å². The highest BCUT2D eigenvalue weighted by atomic mass is 79.9. The number of hydrogen-bond donors (Lipinski definition) is 2. The number of benzene rings is 2. The fraction of sp³-hybridized carbons (Fsp3) is 0.133. The van der Waals surface area contributed by atoms with Crippen molar-refractivity contribution in [3.8, 4) is 5.75 Å². The Labute approximate surface area is 130 Å². The van der Waals surface area contributed by atoms with Crippen LogP contribution in [0.4, 0.5) is 0 Å². The van der Waals surface area contributed by atoms with Crippen LogP contribution in [-0.2, 0) is 0 Å². The number of aromatic hydroxyl groups is 1. The lowest BCUT2D eigenvalue weighted by Crippen LogP contribution is -2.10. The maximum atomic E-state index is 10.0. The maximum absolute atomic E-state index is 10.0. The van der Waals surface area contributed by atoms with Crippen molar-refractivity contribution in [3.05, 3.63) is 63.1 Å². The molecule has 2 aromatic carbocycles. The van der Waals surface area contributed by atoms with Crippen LogP contribution < -0.4 is 5.43 Å². The quantitative estimate of drug-likeness (QED) is 0.849. The van der Waals surface area contributed by atoms with Gasteiger partial charge in [0, 0.05) is 16.5 Å². The van der Waals surface area contributed by atoms with E-state index >= 15 is 0 Å². The van der Waals surface area contributed by atoms with E-state index in [-0.39, 0.29) is 11.8 Å². The number of hydrazone groups is 1. The molecule has 0 saturated carbocycles. The number of nitrogens with one attached hydrogen (secondary N) is 1. The molecular formula is C15H12BrClN2O. The first-order valence-corrected chi connectivity index (χ1v) is 7.37. The van der Waals surface area contributed by atoms with Gasteiger partial charge in [-0.2, -0.15) is 5.10 Å². The average Bonchev–Trinajstić information content (AvgIpc) is 2.92. The van der Waals surface area contributed by atoms with Crippen molar-refractivity contribution >= 4 is 33.2 Å². The minimum absolute atomic E-state index is 0.0488. The molecule has 2 N–H and O–H groups in total. The molecule has 3 nitrogen and oxygen atoms in total. The van der Waals surface area contributed by atoms with Gasteiger partial charge in [0.1, 0.15) is 5.75 Å². The molecule has 0 aromatic heterocycles. The molecule has 0 aliphatic carbocycles. The van der Waals surface area contributed by atoms with Crippen LogP contribution in [0.5, 0.6) is 5.75 Å². The van der Waals surface area contributed by atoms with Crippen LogP contribution in [-0.4, -0.2) is 10.8 Å². The van der Waals surface area contributed by atoms with E-state index in [1.807, 2.05) is 36.4 Å². The highest BCUT2D eigenvalue weighted by molar-refractivity contribution is 9.10. The number of nitrogens with zero attached hydrogens (tertiary/aromatic N) is 1. The summed E-state index contributed by atoms with van der Waals surface area (Å²) in [4.78, 5) is 0. The largest absolute Gasteiger partial charge is 0.506 e. The van der Waals surface area contributed by atoms with Crippen LogP contribution in [0.3, 0.4) is 0 Å². The topological polar surface area (TPSA) is 44.6 Å². The zero-order valence-corrected chi connectivity index (χ0v) is 12.8. The molecule has 20 heavy (non-hydrogen) atoms. The van der Waals surface area contributed by atoms with Gasteiger partial charge < -0.3 is 10.5 Å². The Hall–Kier alpha value is -1.52. The smallest absolute Gasteiger partial charge is 0.139 e. The summed E-state index contributed by atoms with van der Waals surface area (Å²) >= 11 is 9.36. The van der Waals surface area contributed by atoms with E-state index in [0.29, 0.717) is 5.02 Å². The van der Waals surface area contributed by atoms with Crippen LogP contribution in [0.2, 0.25) is 5.02 Å². The van der Waals surface area contributed by atoms with Gasteiger partial charge in [0.2, 0.25) is 0 Å².